The van der Waals surface area contributed by atoms with E-state index in [0.717, 1.165) is 17.8 Å². The molecule has 0 aromatic heterocycles. The van der Waals surface area contributed by atoms with Gasteiger partial charge in [-0.25, -0.2) is 0 Å². The minimum Gasteiger partial charge on any atom is -0.352 e. The highest BCUT2D eigenvalue weighted by Crippen LogP contribution is 2.50. The van der Waals surface area contributed by atoms with Crippen LogP contribution in [0, 0.1) is 11.3 Å². The first-order chi connectivity index (χ1) is 14.2. The van der Waals surface area contributed by atoms with E-state index in [1.54, 1.807) is 0 Å². The van der Waals surface area contributed by atoms with Gasteiger partial charge in [0.25, 0.3) is 0 Å². The normalized spacial score (nSPS) is 24.8. The molecule has 1 nitrogen and oxygen atoms in total. The minimum atomic E-state index is 0.153. The molecule has 152 valence electrons. The van der Waals surface area contributed by atoms with E-state index in [9.17, 15) is 0 Å². The molecular formula is C27H33NS. The quantitative estimate of drug-likeness (QED) is 0.372. The maximum atomic E-state index is 6.29. The number of nitrogens with zero attached hydrogens (tertiary/aromatic N) is 1. The molecule has 2 fully saturated rings. The van der Waals surface area contributed by atoms with Crippen molar-refractivity contribution >= 4 is 17.2 Å². The van der Waals surface area contributed by atoms with Crippen LogP contribution in [0.25, 0.3) is 0 Å². The fraction of sp³-hybridized carbons (Fsp3) is 0.444. The number of hydrogen-bond donors (Lipinski definition) is 0. The van der Waals surface area contributed by atoms with Crippen molar-refractivity contribution in [3.63, 3.8) is 0 Å². The minimum absolute atomic E-state index is 0.153. The predicted octanol–water partition coefficient (Wildman–Crippen LogP) is 7.66. The lowest BCUT2D eigenvalue weighted by molar-refractivity contribution is 0.193. The average molecular weight is 404 g/mol. The predicted molar refractivity (Wildman–Crippen MR) is 127 cm³/mol. The molecule has 0 amide bonds. The van der Waals surface area contributed by atoms with Crippen molar-refractivity contribution in [2.75, 3.05) is 0 Å². The van der Waals surface area contributed by atoms with Crippen LogP contribution < -0.4 is 0 Å². The summed E-state index contributed by atoms with van der Waals surface area (Å²) in [5, 5.41) is 0. The highest BCUT2D eigenvalue weighted by atomic mass is 32.1. The maximum absolute atomic E-state index is 6.29. The fourth-order valence-electron chi connectivity index (χ4n) is 5.62. The van der Waals surface area contributed by atoms with E-state index in [1.165, 1.54) is 43.2 Å². The van der Waals surface area contributed by atoms with Gasteiger partial charge in [0, 0.05) is 5.92 Å². The Morgan fingerprint density at radius 1 is 0.931 bits per heavy atom. The zero-order chi connectivity index (χ0) is 20.3. The molecule has 0 bridgehead atoms. The van der Waals surface area contributed by atoms with Crippen LogP contribution in [0.3, 0.4) is 0 Å². The zero-order valence-electron chi connectivity index (χ0n) is 17.6. The van der Waals surface area contributed by atoms with E-state index >= 15 is 0 Å². The number of rotatable bonds is 5. The van der Waals surface area contributed by atoms with Crippen molar-refractivity contribution in [2.24, 2.45) is 11.3 Å². The van der Waals surface area contributed by atoms with Crippen molar-refractivity contribution in [1.29, 1.82) is 0 Å². The molecule has 0 radical (unpaired) electrons. The van der Waals surface area contributed by atoms with Crippen LogP contribution in [0.5, 0.6) is 0 Å². The second-order valence-corrected chi connectivity index (χ2v) is 9.31. The summed E-state index contributed by atoms with van der Waals surface area (Å²) >= 11 is 6.29. The summed E-state index contributed by atoms with van der Waals surface area (Å²) in [7, 11) is 0. The molecule has 2 aromatic rings. The molecular weight excluding hydrogens is 370 g/mol. The Labute approximate surface area is 181 Å². The first-order valence-electron chi connectivity index (χ1n) is 11.2. The monoisotopic (exact) mass is 403 g/mol. The Bertz CT molecular complexity index is 775. The van der Waals surface area contributed by atoms with Gasteiger partial charge in [-0.15, -0.1) is 6.58 Å². The second-order valence-electron chi connectivity index (χ2n) is 8.90. The number of thiocarbonyl (C=S) groups is 1. The molecule has 2 aliphatic rings. The summed E-state index contributed by atoms with van der Waals surface area (Å²) in [6, 6.07) is 22.6. The van der Waals surface area contributed by atoms with Crippen LogP contribution in [0.4, 0.5) is 0 Å². The molecule has 1 saturated heterocycles. The van der Waals surface area contributed by atoms with Crippen LogP contribution >= 0.6 is 12.2 Å². The van der Waals surface area contributed by atoms with Crippen LogP contribution in [-0.2, 0) is 0 Å². The molecule has 0 unspecified atom stereocenters. The lowest BCUT2D eigenvalue weighted by atomic mass is 9.66. The lowest BCUT2D eigenvalue weighted by Gasteiger charge is -2.44. The third kappa shape index (κ3) is 3.92. The van der Waals surface area contributed by atoms with E-state index in [4.69, 9.17) is 12.2 Å². The summed E-state index contributed by atoms with van der Waals surface area (Å²) in [5.41, 5.74) is 2.92. The Morgan fingerprint density at radius 3 is 1.86 bits per heavy atom. The summed E-state index contributed by atoms with van der Waals surface area (Å²) in [5.74, 6) is 0.339. The van der Waals surface area contributed by atoms with Crippen molar-refractivity contribution in [3.8, 4) is 0 Å². The molecule has 2 aromatic carbocycles. The number of likely N-dealkylation sites (tertiary alicyclic amines) is 1. The lowest BCUT2D eigenvalue weighted by Crippen LogP contribution is -2.42. The molecule has 1 saturated carbocycles. The van der Waals surface area contributed by atoms with Gasteiger partial charge in [-0.2, -0.15) is 0 Å². The fourth-order valence-corrected chi connectivity index (χ4v) is 6.11. The van der Waals surface area contributed by atoms with Crippen LogP contribution in [0.1, 0.15) is 75.1 Å². The van der Waals surface area contributed by atoms with Crippen LogP contribution in [-0.4, -0.2) is 9.89 Å². The molecule has 4 rings (SSSR count). The number of benzene rings is 2. The summed E-state index contributed by atoms with van der Waals surface area (Å²) in [6.07, 6.45) is 10.9. The van der Waals surface area contributed by atoms with Gasteiger partial charge in [-0.1, -0.05) is 105 Å². The highest BCUT2D eigenvalue weighted by Gasteiger charge is 2.43. The maximum Gasteiger partial charge on any atom is 0.0826 e. The Kier molecular flexibility index (Phi) is 6.20. The number of hydrogen-bond acceptors (Lipinski definition) is 1. The van der Waals surface area contributed by atoms with Crippen LogP contribution in [0.15, 0.2) is 73.3 Å². The standard InChI is InChI=1S/C27H33NS/c1-3-27(19-11-6-12-20-27)21(2)26(29)28-24(22-13-7-4-8-14-22)17-18-25(28)23-15-9-5-10-16-23/h3-5,7-10,13-16,21,24-25H,1,6,11-12,17-20H2,2H3/t21-,24+,25+/m0/s1. The zero-order valence-corrected chi connectivity index (χ0v) is 18.4. The molecule has 2 heteroatoms. The summed E-state index contributed by atoms with van der Waals surface area (Å²) < 4.78 is 0. The molecule has 1 aliphatic heterocycles. The van der Waals surface area contributed by atoms with Gasteiger partial charge >= 0.3 is 0 Å². The van der Waals surface area contributed by atoms with Crippen molar-refractivity contribution in [2.45, 2.75) is 64.0 Å². The van der Waals surface area contributed by atoms with Gasteiger partial charge in [0.05, 0.1) is 17.1 Å². The van der Waals surface area contributed by atoms with Gasteiger partial charge in [0.1, 0.15) is 0 Å². The Hall–Kier alpha value is -1.93. The van der Waals surface area contributed by atoms with Gasteiger partial charge in [0.15, 0.2) is 0 Å². The topological polar surface area (TPSA) is 3.24 Å². The Balaban J connectivity index is 1.69. The van der Waals surface area contributed by atoms with Gasteiger partial charge in [-0.05, 0) is 42.2 Å². The summed E-state index contributed by atoms with van der Waals surface area (Å²) in [6.45, 7) is 6.62. The highest BCUT2D eigenvalue weighted by molar-refractivity contribution is 7.80. The van der Waals surface area contributed by atoms with Crippen molar-refractivity contribution < 1.29 is 0 Å². The van der Waals surface area contributed by atoms with Crippen molar-refractivity contribution in [1.82, 2.24) is 4.90 Å². The van der Waals surface area contributed by atoms with E-state index < -0.39 is 0 Å². The van der Waals surface area contributed by atoms with E-state index in [0.29, 0.717) is 18.0 Å². The molecule has 0 N–H and O–H groups in total. The third-order valence-corrected chi connectivity index (χ3v) is 8.00. The van der Waals surface area contributed by atoms with Crippen LogP contribution in [0.2, 0.25) is 0 Å². The SMILES string of the molecule is C=CC1([C@@H](C)C(=S)N2[C@@H](c3ccccc3)CC[C@@H]2c2ccccc2)CCCCC1. The van der Waals surface area contributed by atoms with E-state index in [2.05, 4.69) is 85.1 Å². The molecule has 3 atom stereocenters. The third-order valence-electron chi connectivity index (χ3n) is 7.43. The van der Waals surface area contributed by atoms with Crippen molar-refractivity contribution in [3.05, 3.63) is 84.4 Å². The number of allylic oxidation sites excluding steroid dienone is 1. The molecule has 1 aliphatic carbocycles. The summed E-state index contributed by atoms with van der Waals surface area (Å²) in [4.78, 5) is 3.72. The first-order valence-corrected chi connectivity index (χ1v) is 11.6. The largest absolute Gasteiger partial charge is 0.352 e. The molecule has 29 heavy (non-hydrogen) atoms. The first kappa shape index (κ1) is 20.3. The molecule has 1 heterocycles. The van der Waals surface area contributed by atoms with Gasteiger partial charge in [0.2, 0.25) is 0 Å². The van der Waals surface area contributed by atoms with E-state index in [-0.39, 0.29) is 5.41 Å². The average Bonchev–Trinajstić information content (AvgIpc) is 3.25. The Morgan fingerprint density at radius 2 is 1.41 bits per heavy atom. The second kappa shape index (κ2) is 8.83. The smallest absolute Gasteiger partial charge is 0.0826 e. The van der Waals surface area contributed by atoms with Gasteiger partial charge in [-0.3, -0.25) is 0 Å². The molecule has 0 spiro atoms. The van der Waals surface area contributed by atoms with E-state index in [1.807, 2.05) is 0 Å². The van der Waals surface area contributed by atoms with Gasteiger partial charge < -0.3 is 4.90 Å².